The first kappa shape index (κ1) is 26.6. The van der Waals surface area contributed by atoms with E-state index in [1.165, 1.54) is 0 Å². The number of carbonyl (C=O) groups excluding carboxylic acids is 2. The Bertz CT molecular complexity index is 587. The van der Waals surface area contributed by atoms with Crippen molar-refractivity contribution >= 4 is 17.9 Å². The fourth-order valence-corrected chi connectivity index (χ4v) is 2.58. The van der Waals surface area contributed by atoms with Crippen LogP contribution in [0.4, 0.5) is 0 Å². The second kappa shape index (κ2) is 15.5. The third kappa shape index (κ3) is 20.1. The maximum atomic E-state index is 11.9. The lowest BCUT2D eigenvalue weighted by Crippen LogP contribution is -2.45. The topological polar surface area (TPSA) is 104 Å². The Morgan fingerprint density at radius 2 is 1.55 bits per heavy atom. The van der Waals surface area contributed by atoms with Gasteiger partial charge in [-0.05, 0) is 25.7 Å². The average Bonchev–Trinajstić information content (AvgIpc) is 2.56. The number of carbonyl (C=O) groups is 3. The molecule has 0 fully saturated rings. The summed E-state index contributed by atoms with van der Waals surface area (Å²) in [5, 5.41) is 19.4. The molecule has 0 amide bonds. The van der Waals surface area contributed by atoms with Crippen LogP contribution in [0.2, 0.25) is 0 Å². The van der Waals surface area contributed by atoms with Gasteiger partial charge in [0.25, 0.3) is 0 Å². The van der Waals surface area contributed by atoms with E-state index in [9.17, 15) is 19.5 Å². The van der Waals surface area contributed by atoms with Gasteiger partial charge in [-0.25, -0.2) is 0 Å². The zero-order chi connectivity index (χ0) is 22.1. The minimum absolute atomic E-state index is 0.192. The van der Waals surface area contributed by atoms with Crippen molar-refractivity contribution in [2.45, 2.75) is 57.5 Å². The highest BCUT2D eigenvalue weighted by Gasteiger charge is 2.22. The Balaban J connectivity index is 3.99. The molecule has 0 rings (SSSR count). The van der Waals surface area contributed by atoms with Crippen LogP contribution in [0.1, 0.15) is 51.4 Å². The van der Waals surface area contributed by atoms with Gasteiger partial charge < -0.3 is 24.2 Å². The largest absolute Gasteiger partial charge is 0.550 e. The Kier molecular flexibility index (Phi) is 14.2. The highest BCUT2D eigenvalue weighted by Crippen LogP contribution is 2.07. The van der Waals surface area contributed by atoms with E-state index in [-0.39, 0.29) is 19.3 Å². The molecule has 0 spiro atoms. The molecule has 1 N–H and O–H groups in total. The van der Waals surface area contributed by atoms with Gasteiger partial charge in [-0.3, -0.25) is 9.59 Å². The summed E-state index contributed by atoms with van der Waals surface area (Å²) < 4.78 is 5.77. The van der Waals surface area contributed by atoms with Gasteiger partial charge in [-0.2, -0.15) is 0 Å². The zero-order valence-corrected chi connectivity index (χ0v) is 17.8. The van der Waals surface area contributed by atoms with Crippen LogP contribution < -0.4 is 5.11 Å². The zero-order valence-electron chi connectivity index (χ0n) is 17.8. The molecule has 0 bridgehead atoms. The van der Waals surface area contributed by atoms with Crippen molar-refractivity contribution in [3.8, 4) is 0 Å². The van der Waals surface area contributed by atoms with Gasteiger partial charge in [0, 0.05) is 25.2 Å². The van der Waals surface area contributed by atoms with Gasteiger partial charge >= 0.3 is 11.9 Å². The number of likely N-dealkylation sites (N-methyl/N-ethyl adjacent to an activating group) is 1. The number of nitrogens with zero attached hydrogens (tertiary/aromatic N) is 1. The molecule has 7 heteroatoms. The lowest BCUT2D eigenvalue weighted by molar-refractivity contribution is -0.873. The monoisotopic (exact) mass is 409 g/mol. The van der Waals surface area contributed by atoms with Gasteiger partial charge in [0.1, 0.15) is 6.54 Å². The van der Waals surface area contributed by atoms with Crippen LogP contribution in [0.15, 0.2) is 36.5 Å². The maximum absolute atomic E-state index is 11.9. The number of aliphatic carboxylic acids is 2. The predicted molar refractivity (Wildman–Crippen MR) is 110 cm³/mol. The summed E-state index contributed by atoms with van der Waals surface area (Å²) in [6.07, 6.45) is 14.9. The van der Waals surface area contributed by atoms with Gasteiger partial charge in [-0.1, -0.05) is 42.9 Å². The molecule has 0 aliphatic rings. The van der Waals surface area contributed by atoms with E-state index in [0.717, 1.165) is 19.3 Å². The van der Waals surface area contributed by atoms with E-state index in [1.54, 1.807) is 0 Å². The molecule has 0 saturated heterocycles. The van der Waals surface area contributed by atoms with Crippen LogP contribution in [0.25, 0.3) is 0 Å². The molecule has 7 nitrogen and oxygen atoms in total. The highest BCUT2D eigenvalue weighted by atomic mass is 16.5. The van der Waals surface area contributed by atoms with E-state index < -0.39 is 24.0 Å². The number of rotatable bonds is 16. The normalized spacial score (nSPS) is 13.3. The summed E-state index contributed by atoms with van der Waals surface area (Å²) in [5.74, 6) is -2.39. The SMILES string of the molecule is C[N+](C)(C)CC(CC(=O)[O-])OC(=O)CC/C=C/C=C/C=C/CCCCCC(=O)O. The van der Waals surface area contributed by atoms with Crippen LogP contribution in [0.5, 0.6) is 0 Å². The third-order valence-electron chi connectivity index (χ3n) is 3.83. The van der Waals surface area contributed by atoms with Gasteiger partial charge in [0.15, 0.2) is 6.10 Å². The standard InChI is InChI=1S/C22H35NO6/c1-23(2,3)18-19(17-21(26)27)29-22(28)16-14-12-10-8-6-4-5-7-9-11-13-15-20(24)25/h4-6,8,10,12,19H,7,9,11,13-18H2,1-3H3,(H-,24,25,26,27)/b5-4+,8-6+,12-10+. The van der Waals surface area contributed by atoms with Crippen molar-refractivity contribution in [2.75, 3.05) is 27.7 Å². The summed E-state index contributed by atoms with van der Waals surface area (Å²) in [5.41, 5.74) is 0. The van der Waals surface area contributed by atoms with E-state index in [2.05, 4.69) is 0 Å². The molecule has 0 radical (unpaired) electrons. The first-order chi connectivity index (χ1) is 13.6. The Morgan fingerprint density at radius 1 is 0.931 bits per heavy atom. The van der Waals surface area contributed by atoms with Gasteiger partial charge in [0.2, 0.25) is 0 Å². The minimum Gasteiger partial charge on any atom is -0.550 e. The second-order valence-corrected chi connectivity index (χ2v) is 7.93. The maximum Gasteiger partial charge on any atom is 0.306 e. The third-order valence-corrected chi connectivity index (χ3v) is 3.83. The molecule has 1 unspecified atom stereocenters. The molecule has 0 aromatic carbocycles. The summed E-state index contributed by atoms with van der Waals surface area (Å²) >= 11 is 0. The van der Waals surface area contributed by atoms with Crippen LogP contribution in [0.3, 0.4) is 0 Å². The number of ether oxygens (including phenoxy) is 1. The Morgan fingerprint density at radius 3 is 2.10 bits per heavy atom. The summed E-state index contributed by atoms with van der Waals surface area (Å²) in [7, 11) is 5.71. The van der Waals surface area contributed by atoms with E-state index in [0.29, 0.717) is 23.9 Å². The van der Waals surface area contributed by atoms with Gasteiger partial charge in [-0.15, -0.1) is 0 Å². The number of carboxylic acid groups (broad SMARTS) is 2. The molecule has 0 aliphatic carbocycles. The molecular formula is C22H35NO6. The second-order valence-electron chi connectivity index (χ2n) is 7.93. The lowest BCUT2D eigenvalue weighted by atomic mass is 10.1. The number of hydrogen-bond acceptors (Lipinski definition) is 5. The van der Waals surface area contributed by atoms with Crippen molar-refractivity contribution in [1.29, 1.82) is 0 Å². The van der Waals surface area contributed by atoms with Crippen molar-refractivity contribution in [3.63, 3.8) is 0 Å². The summed E-state index contributed by atoms with van der Waals surface area (Å²) in [6.45, 7) is 0.407. The van der Waals surface area contributed by atoms with Crippen molar-refractivity contribution in [3.05, 3.63) is 36.5 Å². The molecular weight excluding hydrogens is 374 g/mol. The van der Waals surface area contributed by atoms with Crippen molar-refractivity contribution in [2.24, 2.45) is 0 Å². The summed E-state index contributed by atoms with van der Waals surface area (Å²) in [6, 6.07) is 0. The quantitative estimate of drug-likeness (QED) is 0.181. The molecule has 164 valence electrons. The number of unbranched alkanes of at least 4 members (excludes halogenated alkanes) is 3. The molecule has 0 aliphatic heterocycles. The predicted octanol–water partition coefficient (Wildman–Crippen LogP) is 2.23. The fraction of sp³-hybridized carbons (Fsp3) is 0.591. The number of carboxylic acids is 2. The Hall–Kier alpha value is -2.41. The fourth-order valence-electron chi connectivity index (χ4n) is 2.58. The smallest absolute Gasteiger partial charge is 0.306 e. The van der Waals surface area contributed by atoms with E-state index in [1.807, 2.05) is 57.6 Å². The number of allylic oxidation sites excluding steroid dienone is 6. The number of quaternary nitrogens is 1. The lowest BCUT2D eigenvalue weighted by Gasteiger charge is -2.29. The first-order valence-electron chi connectivity index (χ1n) is 10.00. The van der Waals surface area contributed by atoms with Gasteiger partial charge in [0.05, 0.1) is 21.1 Å². The van der Waals surface area contributed by atoms with Crippen molar-refractivity contribution < 1.29 is 33.8 Å². The molecule has 0 aromatic heterocycles. The molecule has 29 heavy (non-hydrogen) atoms. The van der Waals surface area contributed by atoms with Crippen LogP contribution in [0, 0.1) is 0 Å². The number of hydrogen-bond donors (Lipinski definition) is 1. The van der Waals surface area contributed by atoms with E-state index in [4.69, 9.17) is 9.84 Å². The number of esters is 1. The average molecular weight is 410 g/mol. The van der Waals surface area contributed by atoms with E-state index >= 15 is 0 Å². The van der Waals surface area contributed by atoms with Crippen LogP contribution in [-0.4, -0.2) is 61.3 Å². The molecule has 0 saturated carbocycles. The summed E-state index contributed by atoms with van der Waals surface area (Å²) in [4.78, 5) is 33.1. The first-order valence-corrected chi connectivity index (χ1v) is 10.00. The van der Waals surface area contributed by atoms with Crippen LogP contribution >= 0.6 is 0 Å². The minimum atomic E-state index is -1.23. The van der Waals surface area contributed by atoms with Crippen molar-refractivity contribution in [1.82, 2.24) is 0 Å². The highest BCUT2D eigenvalue weighted by molar-refractivity contribution is 5.71. The Labute approximate surface area is 173 Å². The molecule has 0 heterocycles. The molecule has 1 atom stereocenters. The molecule has 0 aromatic rings. The van der Waals surface area contributed by atoms with Crippen LogP contribution in [-0.2, 0) is 19.1 Å².